The molecular formula is C24H39NO. The number of ether oxygens (including phenoxy) is 1. The number of hydrogen-bond donors (Lipinski definition) is 0. The van der Waals surface area contributed by atoms with Gasteiger partial charge in [0.2, 0.25) is 0 Å². The minimum atomic E-state index is 0.448. The largest absolute Gasteiger partial charge is 0.493 e. The molecule has 0 aliphatic carbocycles. The van der Waals surface area contributed by atoms with Gasteiger partial charge in [-0.3, -0.25) is 0 Å². The van der Waals surface area contributed by atoms with Gasteiger partial charge in [-0.05, 0) is 30.5 Å². The summed E-state index contributed by atoms with van der Waals surface area (Å²) in [5.74, 6) is 0.896. The van der Waals surface area contributed by atoms with Crippen molar-refractivity contribution < 1.29 is 4.74 Å². The number of hydrogen-bond acceptors (Lipinski definition) is 2. The Labute approximate surface area is 162 Å². The first-order valence-corrected chi connectivity index (χ1v) is 11.0. The van der Waals surface area contributed by atoms with E-state index in [2.05, 4.69) is 31.2 Å². The molecule has 1 aromatic carbocycles. The number of nitrogens with zero attached hydrogens (tertiary/aromatic N) is 1. The highest BCUT2D eigenvalue weighted by atomic mass is 16.5. The Hall–Kier alpha value is -1.49. The molecule has 1 aromatic rings. The maximum absolute atomic E-state index is 8.56. The van der Waals surface area contributed by atoms with Crippen molar-refractivity contribution in [2.45, 2.75) is 103 Å². The van der Waals surface area contributed by atoms with E-state index in [4.69, 9.17) is 10.00 Å². The molecule has 0 spiro atoms. The van der Waals surface area contributed by atoms with E-state index in [1.54, 1.807) is 0 Å². The van der Waals surface area contributed by atoms with Crippen molar-refractivity contribution >= 4 is 0 Å². The molecule has 0 aliphatic rings. The summed E-state index contributed by atoms with van der Waals surface area (Å²) in [6, 6.07) is 10.4. The van der Waals surface area contributed by atoms with E-state index in [9.17, 15) is 0 Å². The predicted molar refractivity (Wildman–Crippen MR) is 112 cm³/mol. The third-order valence-electron chi connectivity index (χ3n) is 4.95. The topological polar surface area (TPSA) is 33.0 Å². The molecule has 0 atom stereocenters. The van der Waals surface area contributed by atoms with Gasteiger partial charge in [0.25, 0.3) is 0 Å². The van der Waals surface area contributed by atoms with Gasteiger partial charge in [-0.25, -0.2) is 0 Å². The van der Waals surface area contributed by atoms with Crippen molar-refractivity contribution in [3.63, 3.8) is 0 Å². The summed E-state index contributed by atoms with van der Waals surface area (Å²) >= 11 is 0. The third-order valence-corrected chi connectivity index (χ3v) is 4.95. The zero-order valence-corrected chi connectivity index (χ0v) is 17.0. The summed E-state index contributed by atoms with van der Waals surface area (Å²) < 4.78 is 5.58. The van der Waals surface area contributed by atoms with Crippen LogP contribution >= 0.6 is 0 Å². The Morgan fingerprint density at radius 2 is 1.38 bits per heavy atom. The van der Waals surface area contributed by atoms with Gasteiger partial charge >= 0.3 is 0 Å². The lowest BCUT2D eigenvalue weighted by atomic mass is 10.0. The highest BCUT2D eigenvalue weighted by molar-refractivity contribution is 5.28. The molecule has 1 rings (SSSR count). The number of benzene rings is 1. The second-order valence-electron chi connectivity index (χ2n) is 7.40. The fraction of sp³-hybridized carbons (Fsp3) is 0.708. The molecule has 0 aromatic heterocycles. The van der Waals surface area contributed by atoms with Crippen LogP contribution in [0.4, 0.5) is 0 Å². The number of nitriles is 1. The smallest absolute Gasteiger partial charge is 0.119 e. The van der Waals surface area contributed by atoms with Gasteiger partial charge in [0, 0.05) is 0 Å². The van der Waals surface area contributed by atoms with Gasteiger partial charge in [-0.1, -0.05) is 96.1 Å². The van der Waals surface area contributed by atoms with Gasteiger partial charge < -0.3 is 4.74 Å². The Bertz CT molecular complexity index is 477. The van der Waals surface area contributed by atoms with E-state index in [0.717, 1.165) is 12.2 Å². The normalized spacial score (nSPS) is 10.6. The summed E-state index contributed by atoms with van der Waals surface area (Å²) in [6.45, 7) is 2.77. The van der Waals surface area contributed by atoms with Crippen LogP contribution in [0.2, 0.25) is 0 Å². The number of aryl methyl sites for hydroxylation is 1. The molecule has 0 amide bonds. The molecule has 0 N–H and O–H groups in total. The summed E-state index contributed by atoms with van der Waals surface area (Å²) in [4.78, 5) is 0. The number of unbranched alkanes of at least 4 members (excludes halogenated alkanes) is 12. The van der Waals surface area contributed by atoms with E-state index in [1.807, 2.05) is 6.07 Å². The van der Waals surface area contributed by atoms with Crippen LogP contribution in [0.3, 0.4) is 0 Å². The quantitative estimate of drug-likeness (QED) is 0.269. The maximum atomic E-state index is 8.56. The molecule has 0 radical (unpaired) electrons. The van der Waals surface area contributed by atoms with E-state index in [1.165, 1.54) is 89.0 Å². The fourth-order valence-corrected chi connectivity index (χ4v) is 3.35. The first-order chi connectivity index (χ1) is 12.9. The first kappa shape index (κ1) is 22.6. The standard InChI is InChI=1S/C24H39NO/c1-2-3-4-5-6-7-8-9-10-11-12-13-14-17-23-18-15-19-24(22-23)26-21-16-20-25/h15,18-19,22H,2-14,16-17,21H2,1H3. The second kappa shape index (κ2) is 17.0. The molecule has 0 saturated heterocycles. The molecule has 0 bridgehead atoms. The lowest BCUT2D eigenvalue weighted by Crippen LogP contribution is -1.96. The molecule has 0 saturated carbocycles. The first-order valence-electron chi connectivity index (χ1n) is 11.0. The average molecular weight is 358 g/mol. The molecule has 0 heterocycles. The molecule has 2 heteroatoms. The van der Waals surface area contributed by atoms with Crippen molar-refractivity contribution in [3.05, 3.63) is 29.8 Å². The Morgan fingerprint density at radius 1 is 0.808 bits per heavy atom. The Morgan fingerprint density at radius 3 is 1.96 bits per heavy atom. The van der Waals surface area contributed by atoms with Gasteiger partial charge in [0.15, 0.2) is 0 Å². The van der Waals surface area contributed by atoms with Crippen LogP contribution in [0.25, 0.3) is 0 Å². The van der Waals surface area contributed by atoms with E-state index in [0.29, 0.717) is 13.0 Å². The minimum Gasteiger partial charge on any atom is -0.493 e. The van der Waals surface area contributed by atoms with E-state index >= 15 is 0 Å². The van der Waals surface area contributed by atoms with Crippen LogP contribution in [-0.4, -0.2) is 6.61 Å². The highest BCUT2D eigenvalue weighted by Gasteiger charge is 1.98. The molecular weight excluding hydrogens is 318 g/mol. The van der Waals surface area contributed by atoms with Crippen molar-refractivity contribution in [2.75, 3.05) is 6.61 Å². The second-order valence-corrected chi connectivity index (χ2v) is 7.40. The van der Waals surface area contributed by atoms with Gasteiger partial charge in [0.05, 0.1) is 12.5 Å². The van der Waals surface area contributed by atoms with Gasteiger partial charge in [-0.2, -0.15) is 5.26 Å². The summed E-state index contributed by atoms with van der Waals surface area (Å²) in [7, 11) is 0. The van der Waals surface area contributed by atoms with Crippen molar-refractivity contribution in [1.29, 1.82) is 5.26 Å². The lowest BCUT2D eigenvalue weighted by molar-refractivity contribution is 0.326. The number of rotatable bonds is 17. The SMILES string of the molecule is CCCCCCCCCCCCCCCc1cccc(OCCC#N)c1. The summed E-state index contributed by atoms with van der Waals surface area (Å²) in [6.07, 6.45) is 19.7. The van der Waals surface area contributed by atoms with Crippen LogP contribution < -0.4 is 4.74 Å². The van der Waals surface area contributed by atoms with Crippen LogP contribution in [-0.2, 0) is 6.42 Å². The molecule has 146 valence electrons. The van der Waals surface area contributed by atoms with Crippen LogP contribution in [0, 0.1) is 11.3 Å². The zero-order valence-electron chi connectivity index (χ0n) is 17.0. The summed E-state index contributed by atoms with van der Waals surface area (Å²) in [5.41, 5.74) is 1.35. The summed E-state index contributed by atoms with van der Waals surface area (Å²) in [5, 5.41) is 8.56. The van der Waals surface area contributed by atoms with Crippen LogP contribution in [0.5, 0.6) is 5.75 Å². The van der Waals surface area contributed by atoms with Crippen LogP contribution in [0.15, 0.2) is 24.3 Å². The highest BCUT2D eigenvalue weighted by Crippen LogP contribution is 2.17. The minimum absolute atomic E-state index is 0.448. The molecule has 0 unspecified atom stereocenters. The fourth-order valence-electron chi connectivity index (χ4n) is 3.35. The van der Waals surface area contributed by atoms with E-state index < -0.39 is 0 Å². The predicted octanol–water partition coefficient (Wildman–Crippen LogP) is 7.61. The van der Waals surface area contributed by atoms with Crippen molar-refractivity contribution in [3.8, 4) is 11.8 Å². The average Bonchev–Trinajstić information content (AvgIpc) is 2.66. The maximum Gasteiger partial charge on any atom is 0.119 e. The van der Waals surface area contributed by atoms with Crippen molar-refractivity contribution in [1.82, 2.24) is 0 Å². The molecule has 0 aliphatic heterocycles. The van der Waals surface area contributed by atoms with Gasteiger partial charge in [0.1, 0.15) is 12.4 Å². The van der Waals surface area contributed by atoms with Gasteiger partial charge in [-0.15, -0.1) is 0 Å². The Kier molecular flexibility index (Phi) is 14.7. The monoisotopic (exact) mass is 357 g/mol. The van der Waals surface area contributed by atoms with Crippen molar-refractivity contribution in [2.24, 2.45) is 0 Å². The lowest BCUT2D eigenvalue weighted by Gasteiger charge is -2.07. The van der Waals surface area contributed by atoms with E-state index in [-0.39, 0.29) is 0 Å². The molecule has 2 nitrogen and oxygen atoms in total. The molecule has 26 heavy (non-hydrogen) atoms. The Balaban J connectivity index is 1.93. The molecule has 0 fully saturated rings. The third kappa shape index (κ3) is 12.8. The van der Waals surface area contributed by atoms with Crippen LogP contribution in [0.1, 0.15) is 102 Å². The zero-order chi connectivity index (χ0) is 18.7.